The van der Waals surface area contributed by atoms with Crippen LogP contribution in [-0.2, 0) is 17.6 Å². The number of para-hydroxylation sites is 2. The SMILES string of the molecule is COc1ccccc1N1CC[NH+]([C@@H](C)C(=O)Nc2ccc3c(c2)CCC3)CC1. The molecule has 1 fully saturated rings. The first-order valence-electron chi connectivity index (χ1n) is 10.3. The lowest BCUT2D eigenvalue weighted by molar-refractivity contribution is -0.914. The molecular formula is C23H30N3O2+. The van der Waals surface area contributed by atoms with Crippen LogP contribution in [0.1, 0.15) is 24.5 Å². The Morgan fingerprint density at radius 1 is 1.11 bits per heavy atom. The maximum absolute atomic E-state index is 12.8. The Kier molecular flexibility index (Phi) is 5.53. The molecule has 0 bridgehead atoms. The number of aryl methyl sites for hydroxylation is 2. The Morgan fingerprint density at radius 3 is 2.64 bits per heavy atom. The lowest BCUT2D eigenvalue weighted by Gasteiger charge is -2.36. The van der Waals surface area contributed by atoms with Gasteiger partial charge in [-0.2, -0.15) is 0 Å². The minimum Gasteiger partial charge on any atom is -0.495 e. The molecule has 5 nitrogen and oxygen atoms in total. The van der Waals surface area contributed by atoms with E-state index in [1.165, 1.54) is 28.9 Å². The first-order chi connectivity index (χ1) is 13.7. The minimum absolute atomic E-state index is 0.0620. The van der Waals surface area contributed by atoms with Gasteiger partial charge in [0.15, 0.2) is 6.04 Å². The molecule has 5 heteroatoms. The number of nitrogens with one attached hydrogen (secondary N) is 2. The van der Waals surface area contributed by atoms with Crippen LogP contribution in [0.3, 0.4) is 0 Å². The van der Waals surface area contributed by atoms with E-state index in [1.54, 1.807) is 7.11 Å². The van der Waals surface area contributed by atoms with Gasteiger partial charge in [0, 0.05) is 5.69 Å². The molecule has 28 heavy (non-hydrogen) atoms. The fourth-order valence-electron chi connectivity index (χ4n) is 4.44. The number of quaternary nitrogens is 1. The third kappa shape index (κ3) is 3.85. The van der Waals surface area contributed by atoms with E-state index in [2.05, 4.69) is 28.4 Å². The van der Waals surface area contributed by atoms with Crippen LogP contribution in [0.15, 0.2) is 42.5 Å². The highest BCUT2D eigenvalue weighted by Gasteiger charge is 2.30. The van der Waals surface area contributed by atoms with Crippen LogP contribution in [0.25, 0.3) is 0 Å². The first-order valence-corrected chi connectivity index (χ1v) is 10.3. The Hall–Kier alpha value is -2.53. The zero-order valence-electron chi connectivity index (χ0n) is 16.8. The Morgan fingerprint density at radius 2 is 1.86 bits per heavy atom. The van der Waals surface area contributed by atoms with Crippen LogP contribution in [0.2, 0.25) is 0 Å². The number of ether oxygens (including phenoxy) is 1. The van der Waals surface area contributed by atoms with E-state index in [9.17, 15) is 4.79 Å². The van der Waals surface area contributed by atoms with Gasteiger partial charge in [-0.05, 0) is 61.6 Å². The van der Waals surface area contributed by atoms with Gasteiger partial charge >= 0.3 is 0 Å². The summed E-state index contributed by atoms with van der Waals surface area (Å²) in [4.78, 5) is 16.5. The van der Waals surface area contributed by atoms with E-state index in [0.717, 1.165) is 49.7 Å². The standard InChI is InChI=1S/C23H29N3O2/c1-17(23(27)24-20-11-10-18-6-5-7-19(18)16-20)25-12-14-26(15-13-25)21-8-3-4-9-22(21)28-2/h3-4,8-11,16-17H,5-7,12-15H2,1-2H3,(H,24,27)/p+1/t17-/m0/s1. The lowest BCUT2D eigenvalue weighted by atomic mass is 10.1. The fourth-order valence-corrected chi connectivity index (χ4v) is 4.44. The van der Waals surface area contributed by atoms with Gasteiger partial charge in [0.1, 0.15) is 5.75 Å². The molecule has 0 unspecified atom stereocenters. The summed E-state index contributed by atoms with van der Waals surface area (Å²) in [5.74, 6) is 1.02. The third-order valence-electron chi connectivity index (χ3n) is 6.20. The molecule has 0 radical (unpaired) electrons. The highest BCUT2D eigenvalue weighted by Crippen LogP contribution is 2.27. The van der Waals surface area contributed by atoms with Gasteiger partial charge in [-0.15, -0.1) is 0 Å². The molecule has 1 saturated heterocycles. The van der Waals surface area contributed by atoms with E-state index < -0.39 is 0 Å². The monoisotopic (exact) mass is 380 g/mol. The molecule has 1 aliphatic heterocycles. The van der Waals surface area contributed by atoms with Crippen molar-refractivity contribution in [1.29, 1.82) is 0 Å². The third-order valence-corrected chi connectivity index (χ3v) is 6.20. The molecule has 0 spiro atoms. The van der Waals surface area contributed by atoms with E-state index in [4.69, 9.17) is 4.74 Å². The topological polar surface area (TPSA) is 46.0 Å². The second-order valence-corrected chi connectivity index (χ2v) is 7.87. The van der Waals surface area contributed by atoms with Gasteiger partial charge in [0.25, 0.3) is 5.91 Å². The summed E-state index contributed by atoms with van der Waals surface area (Å²) in [6.07, 6.45) is 3.52. The molecule has 4 rings (SSSR count). The summed E-state index contributed by atoms with van der Waals surface area (Å²) in [6, 6.07) is 14.5. The van der Waals surface area contributed by atoms with Crippen molar-refractivity contribution in [3.8, 4) is 5.75 Å². The molecule has 148 valence electrons. The van der Waals surface area contributed by atoms with Crippen LogP contribution in [0.4, 0.5) is 11.4 Å². The molecule has 2 aromatic rings. The molecular weight excluding hydrogens is 350 g/mol. The van der Waals surface area contributed by atoms with Gasteiger partial charge < -0.3 is 19.9 Å². The number of carbonyl (C=O) groups is 1. The zero-order valence-corrected chi connectivity index (χ0v) is 16.8. The molecule has 2 aliphatic rings. The summed E-state index contributed by atoms with van der Waals surface area (Å²) in [5.41, 5.74) is 4.90. The Labute approximate surface area is 167 Å². The van der Waals surface area contributed by atoms with E-state index in [1.807, 2.05) is 31.2 Å². The molecule has 1 aliphatic carbocycles. The number of carbonyl (C=O) groups excluding carboxylic acids is 1. The minimum atomic E-state index is -0.0620. The van der Waals surface area contributed by atoms with Crippen molar-refractivity contribution in [3.05, 3.63) is 53.6 Å². The van der Waals surface area contributed by atoms with Crippen LogP contribution in [-0.4, -0.2) is 45.2 Å². The maximum Gasteiger partial charge on any atom is 0.282 e. The number of rotatable bonds is 5. The Bertz CT molecular complexity index is 843. The van der Waals surface area contributed by atoms with Crippen LogP contribution in [0, 0.1) is 0 Å². The molecule has 1 atom stereocenters. The molecule has 1 amide bonds. The number of hydrogen-bond donors (Lipinski definition) is 2. The second kappa shape index (κ2) is 8.23. The molecule has 0 aromatic heterocycles. The van der Waals surface area contributed by atoms with Gasteiger partial charge in [-0.1, -0.05) is 18.2 Å². The number of benzene rings is 2. The highest BCUT2D eigenvalue weighted by molar-refractivity contribution is 5.93. The predicted molar refractivity (Wildman–Crippen MR) is 112 cm³/mol. The number of nitrogens with zero attached hydrogens (tertiary/aromatic N) is 1. The van der Waals surface area contributed by atoms with E-state index in [0.29, 0.717) is 0 Å². The van der Waals surface area contributed by atoms with Crippen molar-refractivity contribution in [2.75, 3.05) is 43.5 Å². The smallest absolute Gasteiger partial charge is 0.282 e. The van der Waals surface area contributed by atoms with Crippen LogP contribution in [0.5, 0.6) is 5.75 Å². The van der Waals surface area contributed by atoms with Crippen molar-refractivity contribution in [2.45, 2.75) is 32.2 Å². The van der Waals surface area contributed by atoms with E-state index in [-0.39, 0.29) is 11.9 Å². The number of methoxy groups -OCH3 is 1. The molecule has 2 aromatic carbocycles. The zero-order chi connectivity index (χ0) is 19.5. The van der Waals surface area contributed by atoms with Gasteiger partial charge in [-0.25, -0.2) is 0 Å². The first kappa shape index (κ1) is 18.8. The van der Waals surface area contributed by atoms with Crippen molar-refractivity contribution in [3.63, 3.8) is 0 Å². The Balaban J connectivity index is 1.34. The van der Waals surface area contributed by atoms with E-state index >= 15 is 0 Å². The summed E-state index contributed by atoms with van der Waals surface area (Å²) < 4.78 is 5.50. The van der Waals surface area contributed by atoms with Crippen molar-refractivity contribution in [1.82, 2.24) is 0 Å². The number of amides is 1. The summed E-state index contributed by atoms with van der Waals surface area (Å²) in [5, 5.41) is 3.14. The lowest BCUT2D eigenvalue weighted by Crippen LogP contribution is -3.19. The molecule has 2 N–H and O–H groups in total. The van der Waals surface area contributed by atoms with Gasteiger partial charge in [0.2, 0.25) is 0 Å². The number of hydrogen-bond acceptors (Lipinski definition) is 3. The van der Waals surface area contributed by atoms with Crippen LogP contribution < -0.4 is 19.9 Å². The maximum atomic E-state index is 12.8. The number of fused-ring (bicyclic) bond motifs is 1. The summed E-state index contributed by atoms with van der Waals surface area (Å²) in [6.45, 7) is 5.77. The average molecular weight is 381 g/mol. The normalized spacial score (nSPS) is 17.9. The quantitative estimate of drug-likeness (QED) is 0.833. The van der Waals surface area contributed by atoms with Crippen molar-refractivity contribution >= 4 is 17.3 Å². The van der Waals surface area contributed by atoms with Gasteiger partial charge in [-0.3, -0.25) is 4.79 Å². The number of piperazine rings is 1. The van der Waals surface area contributed by atoms with Crippen molar-refractivity contribution in [2.24, 2.45) is 0 Å². The second-order valence-electron chi connectivity index (χ2n) is 7.87. The summed E-state index contributed by atoms with van der Waals surface area (Å²) in [7, 11) is 1.71. The average Bonchev–Trinajstić information content (AvgIpc) is 3.21. The number of anilines is 2. The summed E-state index contributed by atoms with van der Waals surface area (Å²) >= 11 is 0. The largest absolute Gasteiger partial charge is 0.495 e. The molecule has 0 saturated carbocycles. The van der Waals surface area contributed by atoms with Gasteiger partial charge in [0.05, 0.1) is 39.0 Å². The predicted octanol–water partition coefficient (Wildman–Crippen LogP) is 1.92. The fraction of sp³-hybridized carbons (Fsp3) is 0.435. The van der Waals surface area contributed by atoms with Crippen molar-refractivity contribution < 1.29 is 14.4 Å². The highest BCUT2D eigenvalue weighted by atomic mass is 16.5. The van der Waals surface area contributed by atoms with Crippen LogP contribution >= 0.6 is 0 Å². The molecule has 1 heterocycles.